The molecule has 14 nitrogen and oxygen atoms in total. The Labute approximate surface area is 356 Å². The van der Waals surface area contributed by atoms with Crippen molar-refractivity contribution in [1.82, 2.24) is 4.90 Å². The minimum atomic E-state index is -2.56. The first-order valence-electron chi connectivity index (χ1n) is 21.9. The zero-order valence-electron chi connectivity index (χ0n) is 37.1. The number of ketones is 2. The highest BCUT2D eigenvalue weighted by molar-refractivity contribution is 6.39. The number of aliphatic imine (C=N–C) groups is 1. The summed E-state index contributed by atoms with van der Waals surface area (Å²) in [5.74, 6) is -7.50. The number of fused-ring (bicyclic) bond motifs is 4. The highest BCUT2D eigenvalue weighted by Gasteiger charge is 2.59. The molecule has 2 N–H and O–H groups in total. The quantitative estimate of drug-likeness (QED) is 0.137. The Morgan fingerprint density at radius 2 is 1.70 bits per heavy atom. The maximum Gasteiger partial charge on any atom is 0.355 e. The first kappa shape index (κ1) is 47.8. The van der Waals surface area contributed by atoms with Crippen molar-refractivity contribution < 1.29 is 57.8 Å². The van der Waals surface area contributed by atoms with Crippen molar-refractivity contribution in [2.24, 2.45) is 34.6 Å². The van der Waals surface area contributed by atoms with Crippen molar-refractivity contribution >= 4 is 29.7 Å². The van der Waals surface area contributed by atoms with Gasteiger partial charge in [-0.3, -0.25) is 19.4 Å². The zero-order chi connectivity index (χ0) is 43.9. The largest absolute Gasteiger partial charge is 0.499 e. The first-order valence-corrected chi connectivity index (χ1v) is 21.9. The van der Waals surface area contributed by atoms with Gasteiger partial charge in [0, 0.05) is 57.6 Å². The van der Waals surface area contributed by atoms with Crippen molar-refractivity contribution in [3.05, 3.63) is 35.6 Å². The van der Waals surface area contributed by atoms with E-state index >= 15 is 4.79 Å². The fraction of sp³-hybridized carbons (Fsp3) is 0.761. The zero-order valence-corrected chi connectivity index (χ0v) is 37.1. The van der Waals surface area contributed by atoms with Gasteiger partial charge in [-0.1, -0.05) is 45.1 Å². The Hall–Kier alpha value is -3.27. The molecule has 336 valence electrons. The highest BCUT2D eigenvalue weighted by Crippen LogP contribution is 2.41. The molecule has 4 bridgehead atoms. The third kappa shape index (κ3) is 10.7. The number of esters is 1. The van der Waals surface area contributed by atoms with Crippen LogP contribution in [-0.2, 0) is 47.6 Å². The number of cyclic esters (lactones) is 1. The van der Waals surface area contributed by atoms with E-state index in [2.05, 4.69) is 12.7 Å². The van der Waals surface area contributed by atoms with Gasteiger partial charge in [0.25, 0.3) is 11.7 Å². The molecule has 1 saturated carbocycles. The summed E-state index contributed by atoms with van der Waals surface area (Å²) < 4.78 is 35.6. The van der Waals surface area contributed by atoms with Gasteiger partial charge in [0.1, 0.15) is 30.4 Å². The Morgan fingerprint density at radius 1 is 1.02 bits per heavy atom. The van der Waals surface area contributed by atoms with Gasteiger partial charge in [0.15, 0.2) is 0 Å². The lowest BCUT2D eigenvalue weighted by Crippen LogP contribution is -2.67. The van der Waals surface area contributed by atoms with E-state index in [0.717, 1.165) is 36.2 Å². The number of aliphatic hydroxyl groups excluding tert-OH is 1. The van der Waals surface area contributed by atoms with Crippen LogP contribution in [0.15, 0.2) is 40.6 Å². The molecule has 0 aromatic rings. The summed E-state index contributed by atoms with van der Waals surface area (Å²) >= 11 is 0. The van der Waals surface area contributed by atoms with Crippen LogP contribution in [0, 0.1) is 29.6 Å². The number of nitrogens with zero attached hydrogens (tertiary/aromatic N) is 2. The SMILES string of the molecule is C=C(COC1CCC(/C=C(\C)[C@H]2OC(=O)[C@]34CCCCN3C(=O)C(=O)[C@]3(O)O[C@H]([C@@H](OC)C[C@@H](C)C/C(C)=C/[C@@H](C/C=N\4)C(=O)C[C@H](O)[C@H]2C)[C@@H](OC)C[C@H]3C)CC1)OC. The normalized spacial score (nSPS) is 40.6. The first-order chi connectivity index (χ1) is 28.5. The fourth-order valence-corrected chi connectivity index (χ4v) is 9.91. The van der Waals surface area contributed by atoms with Gasteiger partial charge in [-0.25, -0.2) is 4.79 Å². The lowest BCUT2D eigenvalue weighted by atomic mass is 9.82. The second kappa shape index (κ2) is 20.7. The van der Waals surface area contributed by atoms with E-state index in [9.17, 15) is 24.6 Å². The minimum absolute atomic E-state index is 0.00849. The number of hydrogen-bond acceptors (Lipinski definition) is 13. The molecule has 11 atom stereocenters. The molecule has 3 fully saturated rings. The Bertz CT molecular complexity index is 1650. The van der Waals surface area contributed by atoms with E-state index in [4.69, 9.17) is 33.4 Å². The molecule has 14 heteroatoms. The van der Waals surface area contributed by atoms with E-state index in [1.165, 1.54) is 20.4 Å². The minimum Gasteiger partial charge on any atom is -0.499 e. The number of ether oxygens (including phenoxy) is 6. The van der Waals surface area contributed by atoms with E-state index < -0.39 is 77.4 Å². The maximum absolute atomic E-state index is 15.0. The number of hydrogen-bond donors (Lipinski definition) is 2. The van der Waals surface area contributed by atoms with Crippen LogP contribution in [0.4, 0.5) is 0 Å². The van der Waals surface area contributed by atoms with Gasteiger partial charge in [0.2, 0.25) is 11.4 Å². The van der Waals surface area contributed by atoms with Crippen molar-refractivity contribution in [2.45, 2.75) is 160 Å². The number of methoxy groups -OCH3 is 3. The number of Topliss-reactive ketones (excluding diaryl/α,β-unsaturated/α-hetero) is 2. The van der Waals surface area contributed by atoms with Crippen LogP contribution >= 0.6 is 0 Å². The molecule has 1 aliphatic carbocycles. The summed E-state index contributed by atoms with van der Waals surface area (Å²) in [5, 5.41) is 23.9. The average molecular weight is 843 g/mol. The van der Waals surface area contributed by atoms with Crippen molar-refractivity contribution in [1.29, 1.82) is 0 Å². The molecule has 0 aromatic heterocycles. The predicted molar refractivity (Wildman–Crippen MR) is 224 cm³/mol. The molecule has 4 heterocycles. The number of rotatable bonds is 8. The van der Waals surface area contributed by atoms with Crippen LogP contribution in [0.25, 0.3) is 0 Å². The number of carbonyl (C=O) groups excluding carboxylic acids is 4. The Balaban J connectivity index is 1.58. The number of piperidine rings is 1. The van der Waals surface area contributed by atoms with Crippen LogP contribution < -0.4 is 0 Å². The van der Waals surface area contributed by atoms with Crippen LogP contribution in [0.2, 0.25) is 0 Å². The molecule has 2 saturated heterocycles. The van der Waals surface area contributed by atoms with Crippen molar-refractivity contribution in [3.63, 3.8) is 0 Å². The van der Waals surface area contributed by atoms with Gasteiger partial charge >= 0.3 is 5.97 Å². The van der Waals surface area contributed by atoms with E-state index in [-0.39, 0.29) is 56.0 Å². The number of aliphatic hydroxyl groups is 2. The predicted octanol–water partition coefficient (Wildman–Crippen LogP) is 5.42. The third-order valence-electron chi connectivity index (χ3n) is 13.6. The van der Waals surface area contributed by atoms with E-state index in [1.54, 1.807) is 21.0 Å². The molecule has 0 aromatic carbocycles. The summed E-state index contributed by atoms with van der Waals surface area (Å²) in [6, 6.07) is 0. The summed E-state index contributed by atoms with van der Waals surface area (Å²) in [6.07, 6.45) is 6.72. The molecule has 1 spiro atoms. The molecule has 60 heavy (non-hydrogen) atoms. The number of allylic oxidation sites excluding steroid dienone is 3. The van der Waals surface area contributed by atoms with E-state index in [1.807, 2.05) is 26.8 Å². The summed E-state index contributed by atoms with van der Waals surface area (Å²) in [7, 11) is 4.63. The van der Waals surface area contributed by atoms with Crippen LogP contribution in [0.3, 0.4) is 0 Å². The second-order valence-corrected chi connectivity index (χ2v) is 18.2. The topological polar surface area (TPSA) is 180 Å². The Morgan fingerprint density at radius 3 is 2.37 bits per heavy atom. The van der Waals surface area contributed by atoms with Crippen LogP contribution in [-0.4, -0.2) is 127 Å². The fourth-order valence-electron chi connectivity index (χ4n) is 9.91. The van der Waals surface area contributed by atoms with Crippen LogP contribution in [0.5, 0.6) is 0 Å². The third-order valence-corrected chi connectivity index (χ3v) is 13.6. The van der Waals surface area contributed by atoms with E-state index in [0.29, 0.717) is 43.6 Å². The maximum atomic E-state index is 15.0. The summed E-state index contributed by atoms with van der Waals surface area (Å²) in [4.78, 5) is 64.4. The molecular formula is C46H70N2O12. The molecule has 0 unspecified atom stereocenters. The van der Waals surface area contributed by atoms with Gasteiger partial charge in [0.05, 0.1) is 31.5 Å². The molecule has 0 radical (unpaired) electrons. The summed E-state index contributed by atoms with van der Waals surface area (Å²) in [5.41, 5.74) is -0.354. The second-order valence-electron chi connectivity index (χ2n) is 18.2. The smallest absolute Gasteiger partial charge is 0.355 e. The van der Waals surface area contributed by atoms with Gasteiger partial charge in [-0.15, -0.1) is 0 Å². The molecule has 4 aliphatic heterocycles. The highest BCUT2D eigenvalue weighted by atomic mass is 16.7. The van der Waals surface area contributed by atoms with Crippen molar-refractivity contribution in [3.8, 4) is 0 Å². The average Bonchev–Trinajstić information content (AvgIpc) is 3.23. The lowest BCUT2D eigenvalue weighted by Gasteiger charge is -2.48. The monoisotopic (exact) mass is 842 g/mol. The standard InChI is InChI=1S/C46H70N2O12/c1-27-20-28(2)22-38(56-8)41-39(57-9)24-30(4)46(54,60-41)42(51)43(52)48-19-11-10-17-45(48)44(53)59-40(32(6)36(49)25-37(50)34(21-27)16-18-47-45)29(3)23-33-12-14-35(15-13-33)58-26-31(5)55-7/h18,21,23,28,30,32-36,38-41,49,54H,5,10-17,19-20,22,24-26H2,1-4,6-9H3/b27-21+,29-23+,47-18-/t28-,30+,32+,33?,34+,35?,36-,38-,39-,40+,41+,45-,46+/m0/s1. The van der Waals surface area contributed by atoms with Gasteiger partial charge in [-0.2, -0.15) is 0 Å². The lowest BCUT2D eigenvalue weighted by molar-refractivity contribution is -0.302. The molecule has 5 rings (SSSR count). The Kier molecular flexibility index (Phi) is 16.5. The molecular weight excluding hydrogens is 773 g/mol. The van der Waals surface area contributed by atoms with Gasteiger partial charge < -0.3 is 43.5 Å². The van der Waals surface area contributed by atoms with Crippen molar-refractivity contribution in [2.75, 3.05) is 34.5 Å². The number of carbonyl (C=O) groups is 4. The van der Waals surface area contributed by atoms with Gasteiger partial charge in [-0.05, 0) is 95.5 Å². The summed E-state index contributed by atoms with van der Waals surface area (Å²) in [6.45, 7) is 13.4. The number of amides is 1. The molecule has 5 aliphatic rings. The molecule has 1 amide bonds. The van der Waals surface area contributed by atoms with Crippen LogP contribution in [0.1, 0.15) is 112 Å².